The van der Waals surface area contributed by atoms with Gasteiger partial charge in [0, 0.05) is 51.5 Å². The number of hydrogen-bond acceptors (Lipinski definition) is 3. The molecule has 1 amide bonds. The number of aryl methyl sites for hydroxylation is 1. The molecule has 0 unspecified atom stereocenters. The van der Waals surface area contributed by atoms with E-state index in [2.05, 4.69) is 22.0 Å². The third-order valence-corrected chi connectivity index (χ3v) is 5.22. The van der Waals surface area contributed by atoms with Crippen LogP contribution in [-0.4, -0.2) is 57.6 Å². The van der Waals surface area contributed by atoms with E-state index in [0.717, 1.165) is 25.1 Å². The van der Waals surface area contributed by atoms with E-state index in [0.29, 0.717) is 26.1 Å². The fraction of sp³-hybridized carbons (Fsp3) is 0.667. The van der Waals surface area contributed by atoms with Crippen molar-refractivity contribution in [2.24, 2.45) is 13.0 Å². The smallest absolute Gasteiger partial charge is 0.225 e. The lowest BCUT2D eigenvalue weighted by Crippen LogP contribution is -2.43. The van der Waals surface area contributed by atoms with Crippen LogP contribution in [0.4, 0.5) is 4.39 Å². The summed E-state index contributed by atoms with van der Waals surface area (Å²) in [5.41, 5.74) is 0. The number of aromatic nitrogens is 2. The van der Waals surface area contributed by atoms with E-state index in [-0.39, 0.29) is 17.9 Å². The fourth-order valence-corrected chi connectivity index (χ4v) is 3.77. The monoisotopic (exact) mass is 334 g/mol. The topological polar surface area (TPSA) is 41.4 Å². The molecule has 1 fully saturated rings. The first-order valence-electron chi connectivity index (χ1n) is 8.79. The Morgan fingerprint density at radius 2 is 2.29 bits per heavy atom. The normalized spacial score (nSPS) is 27.5. The van der Waals surface area contributed by atoms with Crippen LogP contribution in [0.25, 0.3) is 0 Å². The Morgan fingerprint density at radius 3 is 2.96 bits per heavy atom. The number of likely N-dealkylation sites (tertiary alicyclic amines) is 1. The van der Waals surface area contributed by atoms with Gasteiger partial charge in [-0.15, -0.1) is 0 Å². The standard InChI is InChI=1S/C18H27FN4O/c1-21-9-8-20-17(21)13-23-11-15(19)10-16(23)12-22(2)18(24)14-6-4-3-5-7-14/h3-4,8-9,14-16H,5-7,10-13H2,1-2H3/t14-,15-,16-/m0/s1. The third kappa shape index (κ3) is 3.86. The maximum atomic E-state index is 14.0. The minimum absolute atomic E-state index is 0.0600. The molecule has 0 radical (unpaired) electrons. The lowest BCUT2D eigenvalue weighted by Gasteiger charge is -2.30. The first-order chi connectivity index (χ1) is 11.5. The number of hydrogen-bond donors (Lipinski definition) is 0. The molecule has 1 aliphatic carbocycles. The van der Waals surface area contributed by atoms with Crippen molar-refractivity contribution in [3.8, 4) is 0 Å². The minimum Gasteiger partial charge on any atom is -0.344 e. The third-order valence-electron chi connectivity index (χ3n) is 5.22. The number of nitrogens with zero attached hydrogens (tertiary/aromatic N) is 4. The van der Waals surface area contributed by atoms with Crippen molar-refractivity contribution >= 4 is 5.91 Å². The first-order valence-corrected chi connectivity index (χ1v) is 8.79. The predicted molar refractivity (Wildman–Crippen MR) is 91.0 cm³/mol. The molecule has 0 aromatic carbocycles. The van der Waals surface area contributed by atoms with Gasteiger partial charge in [-0.25, -0.2) is 9.37 Å². The van der Waals surface area contributed by atoms with Gasteiger partial charge in [0.25, 0.3) is 0 Å². The molecule has 5 nitrogen and oxygen atoms in total. The molecule has 132 valence electrons. The van der Waals surface area contributed by atoms with Gasteiger partial charge in [-0.1, -0.05) is 12.2 Å². The number of carbonyl (C=O) groups is 1. The lowest BCUT2D eigenvalue weighted by atomic mass is 9.93. The maximum absolute atomic E-state index is 14.0. The molecule has 6 heteroatoms. The van der Waals surface area contributed by atoms with Crippen LogP contribution in [0.1, 0.15) is 31.5 Å². The van der Waals surface area contributed by atoms with Gasteiger partial charge >= 0.3 is 0 Å². The maximum Gasteiger partial charge on any atom is 0.225 e. The highest BCUT2D eigenvalue weighted by atomic mass is 19.1. The Kier molecular flexibility index (Phi) is 5.33. The van der Waals surface area contributed by atoms with E-state index < -0.39 is 6.17 Å². The van der Waals surface area contributed by atoms with Crippen LogP contribution in [0, 0.1) is 5.92 Å². The number of alkyl halides is 1. The Bertz CT molecular complexity index is 600. The molecular weight excluding hydrogens is 307 g/mol. The molecule has 1 saturated heterocycles. The number of likely N-dealkylation sites (N-methyl/N-ethyl adjacent to an activating group) is 1. The number of amides is 1. The van der Waals surface area contributed by atoms with Crippen LogP contribution in [0.15, 0.2) is 24.5 Å². The van der Waals surface area contributed by atoms with Crippen molar-refractivity contribution in [1.82, 2.24) is 19.4 Å². The first kappa shape index (κ1) is 17.1. The van der Waals surface area contributed by atoms with Gasteiger partial charge < -0.3 is 9.47 Å². The number of rotatable bonds is 5. The van der Waals surface area contributed by atoms with E-state index >= 15 is 0 Å². The van der Waals surface area contributed by atoms with Crippen molar-refractivity contribution in [2.75, 3.05) is 20.1 Å². The minimum atomic E-state index is -0.823. The number of halogens is 1. The highest BCUT2D eigenvalue weighted by molar-refractivity contribution is 5.79. The summed E-state index contributed by atoms with van der Waals surface area (Å²) in [5.74, 6) is 1.21. The van der Waals surface area contributed by atoms with Crippen molar-refractivity contribution in [3.63, 3.8) is 0 Å². The van der Waals surface area contributed by atoms with E-state index in [9.17, 15) is 9.18 Å². The second-order valence-electron chi connectivity index (χ2n) is 7.07. The number of allylic oxidation sites excluding steroid dienone is 2. The van der Waals surface area contributed by atoms with Gasteiger partial charge in [0.2, 0.25) is 5.91 Å². The van der Waals surface area contributed by atoms with Crippen LogP contribution >= 0.6 is 0 Å². The van der Waals surface area contributed by atoms with Crippen LogP contribution < -0.4 is 0 Å². The molecule has 0 bridgehead atoms. The molecule has 3 atom stereocenters. The zero-order chi connectivity index (χ0) is 17.1. The Labute approximate surface area is 143 Å². The molecule has 24 heavy (non-hydrogen) atoms. The Hall–Kier alpha value is -1.69. The molecule has 0 saturated carbocycles. The molecule has 1 aromatic heterocycles. The zero-order valence-electron chi connectivity index (χ0n) is 14.6. The summed E-state index contributed by atoms with van der Waals surface area (Å²) in [7, 11) is 3.80. The highest BCUT2D eigenvalue weighted by Crippen LogP contribution is 2.25. The summed E-state index contributed by atoms with van der Waals surface area (Å²) in [4.78, 5) is 20.9. The summed E-state index contributed by atoms with van der Waals surface area (Å²) in [6.45, 7) is 1.64. The van der Waals surface area contributed by atoms with Crippen molar-refractivity contribution in [1.29, 1.82) is 0 Å². The lowest BCUT2D eigenvalue weighted by molar-refractivity contribution is -0.135. The zero-order valence-corrected chi connectivity index (χ0v) is 14.6. The van der Waals surface area contributed by atoms with Gasteiger partial charge in [-0.05, 0) is 25.7 Å². The second-order valence-corrected chi connectivity index (χ2v) is 7.07. The van der Waals surface area contributed by atoms with E-state index in [1.807, 2.05) is 24.9 Å². The van der Waals surface area contributed by atoms with Crippen LogP contribution in [-0.2, 0) is 18.4 Å². The van der Waals surface area contributed by atoms with E-state index in [4.69, 9.17) is 0 Å². The highest BCUT2D eigenvalue weighted by Gasteiger charge is 2.35. The van der Waals surface area contributed by atoms with Crippen molar-refractivity contribution < 1.29 is 9.18 Å². The predicted octanol–water partition coefficient (Wildman–Crippen LogP) is 2.15. The van der Waals surface area contributed by atoms with Gasteiger partial charge in [0.15, 0.2) is 0 Å². The van der Waals surface area contributed by atoms with Gasteiger partial charge in [0.1, 0.15) is 12.0 Å². The van der Waals surface area contributed by atoms with Crippen LogP contribution in [0.3, 0.4) is 0 Å². The summed E-state index contributed by atoms with van der Waals surface area (Å²) >= 11 is 0. The second kappa shape index (κ2) is 7.47. The summed E-state index contributed by atoms with van der Waals surface area (Å²) in [6.07, 6.45) is 10.3. The van der Waals surface area contributed by atoms with Gasteiger partial charge in [-0.3, -0.25) is 9.69 Å². The largest absolute Gasteiger partial charge is 0.344 e. The molecule has 3 rings (SSSR count). The van der Waals surface area contributed by atoms with Gasteiger partial charge in [-0.2, -0.15) is 0 Å². The number of carbonyl (C=O) groups excluding carboxylic acids is 1. The van der Waals surface area contributed by atoms with Crippen LogP contribution in [0.5, 0.6) is 0 Å². The summed E-state index contributed by atoms with van der Waals surface area (Å²) in [5, 5.41) is 0. The van der Waals surface area contributed by atoms with E-state index in [1.165, 1.54) is 0 Å². The average molecular weight is 334 g/mol. The molecule has 0 spiro atoms. The average Bonchev–Trinajstić information content (AvgIpc) is 3.13. The summed E-state index contributed by atoms with van der Waals surface area (Å²) in [6, 6.07) is 0.0600. The summed E-state index contributed by atoms with van der Waals surface area (Å²) < 4.78 is 15.9. The van der Waals surface area contributed by atoms with E-state index in [1.54, 1.807) is 11.1 Å². The number of imidazole rings is 1. The molecule has 1 aromatic rings. The van der Waals surface area contributed by atoms with Gasteiger partial charge in [0.05, 0.1) is 6.54 Å². The Balaban J connectivity index is 1.60. The molecular formula is C18H27FN4O. The molecule has 2 heterocycles. The molecule has 2 aliphatic rings. The van der Waals surface area contributed by atoms with Crippen molar-refractivity contribution in [3.05, 3.63) is 30.4 Å². The SMILES string of the molecule is CN(C[C@@H]1C[C@H](F)CN1Cc1nccn1C)C(=O)[C@H]1CC=CCC1. The molecule has 1 aliphatic heterocycles. The Morgan fingerprint density at radius 1 is 1.46 bits per heavy atom. The fourth-order valence-electron chi connectivity index (χ4n) is 3.77. The molecule has 0 N–H and O–H groups in total. The quantitative estimate of drug-likeness (QED) is 0.775. The van der Waals surface area contributed by atoms with Crippen molar-refractivity contribution in [2.45, 2.75) is 44.4 Å². The van der Waals surface area contributed by atoms with Crippen LogP contribution in [0.2, 0.25) is 0 Å².